The van der Waals surface area contributed by atoms with E-state index in [0.717, 1.165) is 70.6 Å². The van der Waals surface area contributed by atoms with Gasteiger partial charge in [-0.2, -0.15) is 5.10 Å². The summed E-state index contributed by atoms with van der Waals surface area (Å²) in [5.41, 5.74) is 7.04. The number of nitrogens with two attached hydrogens (primary N) is 1. The first-order valence-corrected chi connectivity index (χ1v) is 19.0. The van der Waals surface area contributed by atoms with E-state index in [4.69, 9.17) is 15.5 Å². The molecule has 3 atom stereocenters. The SMILES string of the molecule is Cn1cc(Nc2nc(N3CCCC(C4CC5(CN(CC6CCN(c7ccc(C(=O)NC8CCC(=O)NC8=O)nc7)CC6)C5)OC4=O)C3)cnc2C(N)=O)cn1. The predicted molar refractivity (Wildman–Crippen MR) is 198 cm³/mol. The van der Waals surface area contributed by atoms with Crippen LogP contribution in [0.2, 0.25) is 0 Å². The van der Waals surface area contributed by atoms with E-state index in [2.05, 4.69) is 45.7 Å². The number of imide groups is 1. The van der Waals surface area contributed by atoms with Crippen LogP contribution in [-0.4, -0.2) is 117 Å². The molecule has 0 aromatic carbocycles. The molecule has 5 fully saturated rings. The molecule has 5 N–H and O–H groups in total. The van der Waals surface area contributed by atoms with Crippen LogP contribution in [0.1, 0.15) is 65.9 Å². The maximum absolute atomic E-state index is 13.3. The zero-order valence-corrected chi connectivity index (χ0v) is 30.8. The largest absolute Gasteiger partial charge is 0.456 e. The van der Waals surface area contributed by atoms with Crippen molar-refractivity contribution in [2.24, 2.45) is 30.5 Å². The first kappa shape index (κ1) is 36.3. The van der Waals surface area contributed by atoms with E-state index in [1.807, 2.05) is 6.07 Å². The molecule has 3 unspecified atom stereocenters. The number of carbonyl (C=O) groups is 5. The van der Waals surface area contributed by atoms with Crippen molar-refractivity contribution in [3.63, 3.8) is 0 Å². The van der Waals surface area contributed by atoms with Gasteiger partial charge >= 0.3 is 5.97 Å². The number of likely N-dealkylation sites (tertiary alicyclic amines) is 1. The van der Waals surface area contributed by atoms with E-state index >= 15 is 0 Å². The van der Waals surface area contributed by atoms with Gasteiger partial charge in [-0.15, -0.1) is 0 Å². The number of carbonyl (C=O) groups excluding carboxylic acids is 5. The molecule has 4 amide bonds. The molecule has 290 valence electrons. The quantitative estimate of drug-likeness (QED) is 0.166. The summed E-state index contributed by atoms with van der Waals surface area (Å²) >= 11 is 0. The van der Waals surface area contributed by atoms with Crippen LogP contribution in [0.5, 0.6) is 0 Å². The number of primary amides is 1. The van der Waals surface area contributed by atoms with Gasteiger partial charge in [-0.05, 0) is 56.1 Å². The number of ether oxygens (including phenoxy) is 1. The molecule has 8 rings (SSSR count). The van der Waals surface area contributed by atoms with Gasteiger partial charge in [-0.1, -0.05) is 0 Å². The van der Waals surface area contributed by atoms with Crippen LogP contribution in [-0.2, 0) is 26.2 Å². The van der Waals surface area contributed by atoms with Gasteiger partial charge in [0.05, 0.1) is 35.9 Å². The number of rotatable bonds is 10. The topological polar surface area (TPSA) is 223 Å². The van der Waals surface area contributed by atoms with Crippen LogP contribution in [0.25, 0.3) is 0 Å². The highest BCUT2D eigenvalue weighted by atomic mass is 16.6. The Kier molecular flexibility index (Phi) is 9.83. The molecule has 0 aliphatic carbocycles. The normalized spacial score (nSPS) is 24.3. The standard InChI is InChI=1S/C37H46N12O6/c1-46-19-24(14-41-46)42-33-31(32(38)51)40-16-29(44-33)49-10-2-3-23(18-49)26-13-37(55-36(26)54)20-47(21-37)17-22-8-11-48(12-9-22)25-4-5-27(39-15-25)34(52)43-28-6-7-30(50)45-35(28)53/h4-5,14-16,19,22-23,26,28H,2-3,6-13,17-18,20-21H2,1H3,(H2,38,51)(H,42,44)(H,43,52)(H,45,50,53). The van der Waals surface area contributed by atoms with Crippen LogP contribution in [0, 0.1) is 17.8 Å². The Bertz CT molecular complexity index is 1970. The summed E-state index contributed by atoms with van der Waals surface area (Å²) in [6.45, 7) is 5.62. The number of nitrogens with one attached hydrogen (secondary N) is 3. The lowest BCUT2D eigenvalue weighted by Crippen LogP contribution is -2.62. The van der Waals surface area contributed by atoms with Gasteiger partial charge in [0.1, 0.15) is 23.2 Å². The minimum atomic E-state index is -0.745. The molecule has 0 radical (unpaired) electrons. The van der Waals surface area contributed by atoms with Gasteiger partial charge in [0.25, 0.3) is 11.8 Å². The minimum Gasteiger partial charge on any atom is -0.456 e. The minimum absolute atomic E-state index is 0.0447. The zero-order chi connectivity index (χ0) is 38.3. The highest BCUT2D eigenvalue weighted by Crippen LogP contribution is 2.44. The maximum atomic E-state index is 13.3. The Balaban J connectivity index is 0.799. The summed E-state index contributed by atoms with van der Waals surface area (Å²) < 4.78 is 7.76. The molecule has 5 aliphatic rings. The van der Waals surface area contributed by atoms with Crippen LogP contribution >= 0.6 is 0 Å². The van der Waals surface area contributed by atoms with Crippen molar-refractivity contribution in [2.75, 3.05) is 60.9 Å². The Morgan fingerprint density at radius 1 is 1.02 bits per heavy atom. The van der Waals surface area contributed by atoms with Crippen LogP contribution in [0.15, 0.2) is 36.9 Å². The van der Waals surface area contributed by atoms with E-state index in [1.165, 1.54) is 0 Å². The fourth-order valence-electron chi connectivity index (χ4n) is 8.74. The summed E-state index contributed by atoms with van der Waals surface area (Å²) in [4.78, 5) is 81.7. The summed E-state index contributed by atoms with van der Waals surface area (Å²) in [6, 6.07) is 2.80. The molecule has 0 bridgehead atoms. The average molecular weight is 755 g/mol. The molecular weight excluding hydrogens is 708 g/mol. The van der Waals surface area contributed by atoms with Gasteiger partial charge in [0.2, 0.25) is 11.8 Å². The number of anilines is 4. The molecule has 5 aliphatic heterocycles. The molecule has 1 spiro atoms. The maximum Gasteiger partial charge on any atom is 0.310 e. The monoisotopic (exact) mass is 754 g/mol. The van der Waals surface area contributed by atoms with Crippen molar-refractivity contribution >= 4 is 52.6 Å². The van der Waals surface area contributed by atoms with Crippen molar-refractivity contribution in [2.45, 2.75) is 56.6 Å². The van der Waals surface area contributed by atoms with E-state index in [-0.39, 0.29) is 53.8 Å². The average Bonchev–Trinajstić information content (AvgIpc) is 3.74. The molecule has 18 heteroatoms. The second-order valence-electron chi connectivity index (χ2n) is 15.6. The van der Waals surface area contributed by atoms with E-state index < -0.39 is 29.4 Å². The third-order valence-corrected chi connectivity index (χ3v) is 11.6. The third kappa shape index (κ3) is 7.81. The van der Waals surface area contributed by atoms with Gasteiger partial charge in [0.15, 0.2) is 11.5 Å². The van der Waals surface area contributed by atoms with E-state index in [9.17, 15) is 24.0 Å². The first-order chi connectivity index (χ1) is 26.5. The molecule has 55 heavy (non-hydrogen) atoms. The second-order valence-corrected chi connectivity index (χ2v) is 15.6. The number of hydrogen-bond donors (Lipinski definition) is 4. The number of aryl methyl sites for hydroxylation is 1. The number of amides is 4. The predicted octanol–water partition coefficient (Wildman–Crippen LogP) is 0.733. The molecule has 5 saturated heterocycles. The molecule has 0 saturated carbocycles. The first-order valence-electron chi connectivity index (χ1n) is 19.0. The molecule has 8 heterocycles. The Hall–Kier alpha value is -5.65. The van der Waals surface area contributed by atoms with Gasteiger partial charge in [-0.3, -0.25) is 38.9 Å². The van der Waals surface area contributed by atoms with Crippen molar-refractivity contribution < 1.29 is 28.7 Å². The molecular formula is C37H46N12O6. The summed E-state index contributed by atoms with van der Waals surface area (Å²) in [5, 5.41) is 12.2. The Morgan fingerprint density at radius 2 is 1.84 bits per heavy atom. The molecule has 18 nitrogen and oxygen atoms in total. The van der Waals surface area contributed by atoms with Crippen molar-refractivity contribution in [1.29, 1.82) is 0 Å². The second kappa shape index (κ2) is 14.9. The number of nitrogens with zero attached hydrogens (tertiary/aromatic N) is 8. The van der Waals surface area contributed by atoms with Crippen molar-refractivity contribution in [3.05, 3.63) is 48.3 Å². The molecule has 3 aromatic rings. The zero-order valence-electron chi connectivity index (χ0n) is 30.8. The lowest BCUT2D eigenvalue weighted by molar-refractivity contribution is -0.166. The fourth-order valence-corrected chi connectivity index (χ4v) is 8.74. The van der Waals surface area contributed by atoms with E-state index in [0.29, 0.717) is 30.4 Å². The Labute approximate surface area is 317 Å². The number of pyridine rings is 1. The summed E-state index contributed by atoms with van der Waals surface area (Å²) in [5.74, 6) is -0.708. The van der Waals surface area contributed by atoms with Crippen LogP contribution in [0.4, 0.5) is 23.0 Å². The third-order valence-electron chi connectivity index (χ3n) is 11.6. The van der Waals surface area contributed by atoms with Gasteiger partial charge in [0, 0.05) is 71.9 Å². The van der Waals surface area contributed by atoms with Gasteiger partial charge in [-0.25, -0.2) is 15.0 Å². The highest BCUT2D eigenvalue weighted by Gasteiger charge is 2.56. The van der Waals surface area contributed by atoms with Gasteiger partial charge < -0.3 is 30.9 Å². The number of aromatic nitrogens is 5. The summed E-state index contributed by atoms with van der Waals surface area (Å²) in [6.07, 6.45) is 11.7. The summed E-state index contributed by atoms with van der Waals surface area (Å²) in [7, 11) is 1.79. The van der Waals surface area contributed by atoms with Crippen molar-refractivity contribution in [1.82, 2.24) is 40.3 Å². The smallest absolute Gasteiger partial charge is 0.310 e. The lowest BCUT2D eigenvalue weighted by atomic mass is 9.78. The lowest BCUT2D eigenvalue weighted by Gasteiger charge is -2.48. The molecule has 3 aromatic heterocycles. The van der Waals surface area contributed by atoms with Crippen LogP contribution in [0.3, 0.4) is 0 Å². The fraction of sp³-hybridized carbons (Fsp3) is 0.541. The van der Waals surface area contributed by atoms with Crippen molar-refractivity contribution in [3.8, 4) is 0 Å². The number of hydrogen-bond acceptors (Lipinski definition) is 14. The highest BCUT2D eigenvalue weighted by molar-refractivity contribution is 6.03. The Morgan fingerprint density at radius 3 is 2.55 bits per heavy atom. The van der Waals surface area contributed by atoms with E-state index in [1.54, 1.807) is 42.6 Å². The number of esters is 1. The van der Waals surface area contributed by atoms with Crippen LogP contribution < -0.4 is 31.5 Å². The number of piperidine rings is 3.